The van der Waals surface area contributed by atoms with E-state index >= 15 is 0 Å². The molecule has 0 aliphatic rings. The molecule has 1 aromatic carbocycles. The molecule has 1 rings (SSSR count). The molecule has 6 heteroatoms. The molecule has 108 valence electrons. The Labute approximate surface area is 111 Å². The Kier molecular flexibility index (Phi) is 11.4. The lowest BCUT2D eigenvalue weighted by Crippen LogP contribution is -1.94. The van der Waals surface area contributed by atoms with E-state index in [2.05, 4.69) is 0 Å². The molecule has 0 radical (unpaired) electrons. The molecule has 6 nitrogen and oxygen atoms in total. The van der Waals surface area contributed by atoms with E-state index in [1.54, 1.807) is 0 Å². The van der Waals surface area contributed by atoms with E-state index in [0.717, 1.165) is 30.5 Å². The van der Waals surface area contributed by atoms with Crippen LogP contribution in [0.3, 0.4) is 0 Å². The normalized spacial score (nSPS) is 8.47. The third kappa shape index (κ3) is 12.3. The number of hydrogen-bond donors (Lipinski definition) is 4. The molecule has 0 aliphatic carbocycles. The minimum Gasteiger partial charge on any atom is -0.481 e. The van der Waals surface area contributed by atoms with Crippen molar-refractivity contribution in [1.82, 2.24) is 0 Å². The lowest BCUT2D eigenvalue weighted by atomic mass is 10.0. The van der Waals surface area contributed by atoms with Crippen molar-refractivity contribution in [3.63, 3.8) is 0 Å². The minimum atomic E-state index is -0.833. The van der Waals surface area contributed by atoms with E-state index in [4.69, 9.17) is 30.0 Å². The van der Waals surface area contributed by atoms with Crippen molar-refractivity contribution in [3.8, 4) is 0 Å². The van der Waals surface area contributed by atoms with E-state index in [0.29, 0.717) is 0 Å². The summed E-state index contributed by atoms with van der Waals surface area (Å²) in [6, 6.07) is 5.55. The highest BCUT2D eigenvalue weighted by molar-refractivity contribution is 5.63. The van der Waals surface area contributed by atoms with Crippen LogP contribution in [-0.4, -0.2) is 32.4 Å². The number of hydrogen-bond acceptors (Lipinski definition) is 4. The molecular weight excluding hydrogens is 252 g/mol. The topological polar surface area (TPSA) is 115 Å². The van der Waals surface area contributed by atoms with Crippen LogP contribution in [0.25, 0.3) is 0 Å². The van der Waals surface area contributed by atoms with Gasteiger partial charge in [0.2, 0.25) is 0 Å². The Morgan fingerprint density at radius 2 is 1.21 bits per heavy atom. The summed E-state index contributed by atoms with van der Waals surface area (Å²) in [6.45, 7) is 4.15. The maximum Gasteiger partial charge on any atom is 0.300 e. The van der Waals surface area contributed by atoms with Crippen LogP contribution in [0, 0.1) is 6.92 Å². The van der Waals surface area contributed by atoms with Crippen LogP contribution in [0.4, 0.5) is 0 Å². The molecule has 0 amide bonds. The Hall–Kier alpha value is -1.92. The first-order chi connectivity index (χ1) is 8.76. The van der Waals surface area contributed by atoms with Gasteiger partial charge in [0.1, 0.15) is 0 Å². The first-order valence-electron chi connectivity index (χ1n) is 5.44. The molecular formula is C13H20O6. The molecule has 0 atom stereocenters. The Balaban J connectivity index is 0. The fourth-order valence-corrected chi connectivity index (χ4v) is 1.08. The van der Waals surface area contributed by atoms with Crippen LogP contribution in [0.15, 0.2) is 18.2 Å². The van der Waals surface area contributed by atoms with Crippen molar-refractivity contribution < 1.29 is 30.0 Å². The molecule has 4 N–H and O–H groups in total. The summed E-state index contributed by atoms with van der Waals surface area (Å²) in [4.78, 5) is 18.0. The molecule has 0 bridgehead atoms. The van der Waals surface area contributed by atoms with Gasteiger partial charge in [-0.25, -0.2) is 0 Å². The fraction of sp³-hybridized carbons (Fsp3) is 0.385. The van der Waals surface area contributed by atoms with Crippen LogP contribution in [-0.2, 0) is 22.8 Å². The standard InChI is InChI=1S/C9H12O2.2C2H4O2/c1-7-8(5-10)3-2-4-9(7)6-11;2*1-2(3)4/h2-4,10-11H,5-6H2,1H3;2*1H3,(H,3,4). The van der Waals surface area contributed by atoms with E-state index in [9.17, 15) is 0 Å². The molecule has 0 unspecified atom stereocenters. The van der Waals surface area contributed by atoms with Gasteiger partial charge < -0.3 is 20.4 Å². The molecule has 0 aromatic heterocycles. The second-order valence-corrected chi connectivity index (χ2v) is 3.56. The van der Waals surface area contributed by atoms with Gasteiger partial charge >= 0.3 is 0 Å². The van der Waals surface area contributed by atoms with E-state index < -0.39 is 11.9 Å². The van der Waals surface area contributed by atoms with Crippen molar-refractivity contribution in [2.75, 3.05) is 0 Å². The third-order valence-corrected chi connectivity index (χ3v) is 1.90. The minimum absolute atomic E-state index is 0.0413. The highest BCUT2D eigenvalue weighted by Crippen LogP contribution is 2.13. The maximum atomic E-state index is 9.00. The van der Waals surface area contributed by atoms with Gasteiger partial charge in [-0.3, -0.25) is 9.59 Å². The van der Waals surface area contributed by atoms with Crippen molar-refractivity contribution in [3.05, 3.63) is 34.9 Å². The monoisotopic (exact) mass is 272 g/mol. The number of aliphatic hydroxyl groups is 2. The zero-order valence-corrected chi connectivity index (χ0v) is 11.3. The molecule has 19 heavy (non-hydrogen) atoms. The second kappa shape index (κ2) is 11.2. The van der Waals surface area contributed by atoms with Crippen molar-refractivity contribution in [2.45, 2.75) is 34.0 Å². The van der Waals surface area contributed by atoms with Crippen LogP contribution < -0.4 is 0 Å². The van der Waals surface area contributed by atoms with E-state index in [1.165, 1.54) is 0 Å². The van der Waals surface area contributed by atoms with Crippen LogP contribution >= 0.6 is 0 Å². The van der Waals surface area contributed by atoms with Gasteiger partial charge in [0.15, 0.2) is 0 Å². The van der Waals surface area contributed by atoms with Gasteiger partial charge in [-0.2, -0.15) is 0 Å². The number of aliphatic carboxylic acids is 2. The quantitative estimate of drug-likeness (QED) is 0.642. The zero-order chi connectivity index (χ0) is 15.4. The summed E-state index contributed by atoms with van der Waals surface area (Å²) in [6.07, 6.45) is 0. The predicted octanol–water partition coefficient (Wildman–Crippen LogP) is 1.16. The Morgan fingerprint density at radius 1 is 0.947 bits per heavy atom. The highest BCUT2D eigenvalue weighted by atomic mass is 16.4. The Bertz CT molecular complexity index is 358. The summed E-state index contributed by atoms with van der Waals surface area (Å²) in [7, 11) is 0. The van der Waals surface area contributed by atoms with E-state index in [1.807, 2.05) is 25.1 Å². The second-order valence-electron chi connectivity index (χ2n) is 3.56. The van der Waals surface area contributed by atoms with E-state index in [-0.39, 0.29) is 13.2 Å². The zero-order valence-electron chi connectivity index (χ0n) is 11.3. The third-order valence-electron chi connectivity index (χ3n) is 1.90. The lowest BCUT2D eigenvalue weighted by molar-refractivity contribution is -0.135. The molecule has 0 heterocycles. The van der Waals surface area contributed by atoms with Crippen LogP contribution in [0.5, 0.6) is 0 Å². The lowest BCUT2D eigenvalue weighted by Gasteiger charge is -2.05. The van der Waals surface area contributed by atoms with Gasteiger partial charge in [-0.05, 0) is 23.6 Å². The first-order valence-corrected chi connectivity index (χ1v) is 5.44. The van der Waals surface area contributed by atoms with Gasteiger partial charge in [-0.15, -0.1) is 0 Å². The van der Waals surface area contributed by atoms with Gasteiger partial charge in [0, 0.05) is 13.8 Å². The highest BCUT2D eigenvalue weighted by Gasteiger charge is 2.00. The average Bonchev–Trinajstić information content (AvgIpc) is 2.28. The number of carbonyl (C=O) groups is 2. The average molecular weight is 272 g/mol. The number of carboxylic acid groups (broad SMARTS) is 2. The molecule has 0 spiro atoms. The maximum absolute atomic E-state index is 9.00. The van der Waals surface area contributed by atoms with Gasteiger partial charge in [-0.1, -0.05) is 18.2 Å². The summed E-state index contributed by atoms with van der Waals surface area (Å²) in [5.41, 5.74) is 2.76. The molecule has 0 saturated heterocycles. The van der Waals surface area contributed by atoms with Crippen molar-refractivity contribution >= 4 is 11.9 Å². The first kappa shape index (κ1) is 19.4. The Morgan fingerprint density at radius 3 is 1.42 bits per heavy atom. The summed E-state index contributed by atoms with van der Waals surface area (Å²) in [5.74, 6) is -1.67. The number of aliphatic hydroxyl groups excluding tert-OH is 2. The number of benzene rings is 1. The SMILES string of the molecule is CC(=O)O.CC(=O)O.Cc1c(CO)cccc1CO. The molecule has 0 aliphatic heterocycles. The van der Waals surface area contributed by atoms with Crippen LogP contribution in [0.1, 0.15) is 30.5 Å². The fourth-order valence-electron chi connectivity index (χ4n) is 1.08. The van der Waals surface area contributed by atoms with Crippen molar-refractivity contribution in [2.24, 2.45) is 0 Å². The smallest absolute Gasteiger partial charge is 0.300 e. The summed E-state index contributed by atoms with van der Waals surface area (Å²) < 4.78 is 0. The summed E-state index contributed by atoms with van der Waals surface area (Å²) in [5, 5.41) is 32.5. The van der Waals surface area contributed by atoms with Crippen LogP contribution in [0.2, 0.25) is 0 Å². The molecule has 1 aromatic rings. The molecule has 0 fully saturated rings. The summed E-state index contributed by atoms with van der Waals surface area (Å²) >= 11 is 0. The predicted molar refractivity (Wildman–Crippen MR) is 69.6 cm³/mol. The number of rotatable bonds is 2. The van der Waals surface area contributed by atoms with Gasteiger partial charge in [0.25, 0.3) is 11.9 Å². The molecule has 0 saturated carbocycles. The van der Waals surface area contributed by atoms with Crippen molar-refractivity contribution in [1.29, 1.82) is 0 Å². The van der Waals surface area contributed by atoms with Gasteiger partial charge in [0.05, 0.1) is 13.2 Å². The number of carboxylic acids is 2. The largest absolute Gasteiger partial charge is 0.481 e.